The first-order chi connectivity index (χ1) is 11.7. The fourth-order valence-electron chi connectivity index (χ4n) is 4.77. The van der Waals surface area contributed by atoms with Gasteiger partial charge in [0.1, 0.15) is 0 Å². The third-order valence-corrected chi connectivity index (χ3v) is 6.32. The summed E-state index contributed by atoms with van der Waals surface area (Å²) in [5.74, 6) is 1.71. The molecule has 1 aliphatic heterocycles. The monoisotopic (exact) mass is 464 g/mol. The van der Waals surface area contributed by atoms with Gasteiger partial charge in [0.2, 0.25) is 0 Å². The lowest BCUT2D eigenvalue weighted by Crippen LogP contribution is -2.68. The molecule has 146 valence electrons. The van der Waals surface area contributed by atoms with Crippen LogP contribution >= 0.6 is 24.0 Å². The van der Waals surface area contributed by atoms with Crippen molar-refractivity contribution in [3.8, 4) is 0 Å². The molecule has 6 heteroatoms. The molecule has 0 aromatic rings. The Morgan fingerprint density at radius 1 is 1.28 bits per heavy atom. The van der Waals surface area contributed by atoms with E-state index in [0.29, 0.717) is 23.5 Å². The fourth-order valence-corrected chi connectivity index (χ4v) is 4.77. The lowest BCUT2D eigenvalue weighted by Gasteiger charge is -2.61. The van der Waals surface area contributed by atoms with Gasteiger partial charge in [-0.1, -0.05) is 6.42 Å². The molecular weight excluding hydrogens is 427 g/mol. The summed E-state index contributed by atoms with van der Waals surface area (Å²) < 4.78 is 5.97. The smallest absolute Gasteiger partial charge is 0.191 e. The minimum atomic E-state index is 0. The van der Waals surface area contributed by atoms with Crippen molar-refractivity contribution in [2.45, 2.75) is 64.5 Å². The largest absolute Gasteiger partial charge is 0.378 e. The predicted octanol–water partition coefficient (Wildman–Crippen LogP) is 2.85. The number of ether oxygens (including phenoxy) is 1. The molecule has 2 N–H and O–H groups in total. The van der Waals surface area contributed by atoms with E-state index in [4.69, 9.17) is 9.73 Å². The Labute approximate surface area is 170 Å². The number of guanidine groups is 1. The van der Waals surface area contributed by atoms with E-state index in [2.05, 4.69) is 36.4 Å². The second-order valence-corrected chi connectivity index (χ2v) is 7.95. The normalized spacial score (nSPS) is 31.6. The molecule has 5 nitrogen and oxygen atoms in total. The maximum Gasteiger partial charge on any atom is 0.191 e. The second kappa shape index (κ2) is 9.74. The average molecular weight is 464 g/mol. The number of likely N-dealkylation sites (tertiary alicyclic amines) is 1. The zero-order valence-electron chi connectivity index (χ0n) is 16.2. The van der Waals surface area contributed by atoms with Crippen molar-refractivity contribution in [1.82, 2.24) is 15.5 Å². The topological polar surface area (TPSA) is 48.9 Å². The summed E-state index contributed by atoms with van der Waals surface area (Å²) in [6.45, 7) is 9.38. The van der Waals surface area contributed by atoms with Gasteiger partial charge in [-0.05, 0) is 65.5 Å². The van der Waals surface area contributed by atoms with Crippen molar-refractivity contribution in [1.29, 1.82) is 0 Å². The van der Waals surface area contributed by atoms with Crippen LogP contribution in [0.1, 0.15) is 52.4 Å². The van der Waals surface area contributed by atoms with Crippen molar-refractivity contribution < 1.29 is 4.74 Å². The Kier molecular flexibility index (Phi) is 8.27. The zero-order valence-corrected chi connectivity index (χ0v) is 18.6. The molecule has 0 bridgehead atoms. The van der Waals surface area contributed by atoms with Crippen LogP contribution in [-0.2, 0) is 4.74 Å². The number of hydrogen-bond acceptors (Lipinski definition) is 3. The SMILES string of the molecule is CCNC(=NCC1CCCN(C)C1)NC1CC(OCC)C12CCC2.I. The van der Waals surface area contributed by atoms with Crippen LogP contribution in [-0.4, -0.2) is 62.8 Å². The Hall–Kier alpha value is -0.0800. The summed E-state index contributed by atoms with van der Waals surface area (Å²) in [5.41, 5.74) is 0.386. The van der Waals surface area contributed by atoms with E-state index in [9.17, 15) is 0 Å². The van der Waals surface area contributed by atoms with E-state index in [1.165, 1.54) is 45.2 Å². The third kappa shape index (κ3) is 4.80. The summed E-state index contributed by atoms with van der Waals surface area (Å²) in [6, 6.07) is 0.537. The van der Waals surface area contributed by atoms with Crippen molar-refractivity contribution >= 4 is 29.9 Å². The molecule has 3 atom stereocenters. The predicted molar refractivity (Wildman–Crippen MR) is 115 cm³/mol. The van der Waals surface area contributed by atoms with Crippen LogP contribution < -0.4 is 10.6 Å². The summed E-state index contributed by atoms with van der Waals surface area (Å²) in [4.78, 5) is 7.35. The molecule has 0 aromatic carbocycles. The van der Waals surface area contributed by atoms with Gasteiger partial charge in [-0.2, -0.15) is 0 Å². The Balaban J connectivity index is 0.00000225. The van der Waals surface area contributed by atoms with E-state index in [0.717, 1.165) is 32.1 Å². The molecule has 25 heavy (non-hydrogen) atoms. The van der Waals surface area contributed by atoms with E-state index in [1.807, 2.05) is 0 Å². The van der Waals surface area contributed by atoms with Crippen LogP contribution in [0, 0.1) is 11.3 Å². The standard InChI is InChI=1S/C19H36N4O.HI/c1-4-20-18(21-13-15-8-6-11-23(3)14-15)22-16-12-17(24-5-2)19(16)9-7-10-19;/h15-17H,4-14H2,1-3H3,(H2,20,21,22);1H. The van der Waals surface area contributed by atoms with Crippen molar-refractivity contribution in [3.05, 3.63) is 0 Å². The van der Waals surface area contributed by atoms with Gasteiger partial charge in [0, 0.05) is 37.7 Å². The first-order valence-corrected chi connectivity index (χ1v) is 10.0. The lowest BCUT2D eigenvalue weighted by molar-refractivity contribution is -0.168. The molecule has 3 unspecified atom stereocenters. The number of nitrogens with one attached hydrogen (secondary N) is 2. The third-order valence-electron chi connectivity index (χ3n) is 6.32. The molecule has 3 fully saturated rings. The summed E-state index contributed by atoms with van der Waals surface area (Å²) >= 11 is 0. The van der Waals surface area contributed by atoms with E-state index in [-0.39, 0.29) is 24.0 Å². The van der Waals surface area contributed by atoms with Gasteiger partial charge in [0.05, 0.1) is 6.10 Å². The first kappa shape index (κ1) is 21.2. The fraction of sp³-hybridized carbons (Fsp3) is 0.947. The molecule has 3 aliphatic rings. The van der Waals surface area contributed by atoms with E-state index >= 15 is 0 Å². The van der Waals surface area contributed by atoms with Crippen molar-refractivity contribution in [3.63, 3.8) is 0 Å². The number of piperidine rings is 1. The minimum Gasteiger partial charge on any atom is -0.378 e. The molecule has 0 amide bonds. The van der Waals surface area contributed by atoms with Crippen molar-refractivity contribution in [2.24, 2.45) is 16.3 Å². The maximum atomic E-state index is 5.97. The number of hydrogen-bond donors (Lipinski definition) is 2. The molecule has 2 saturated carbocycles. The molecule has 0 radical (unpaired) electrons. The van der Waals surface area contributed by atoms with Crippen LogP contribution in [0.25, 0.3) is 0 Å². The Morgan fingerprint density at radius 3 is 2.68 bits per heavy atom. The molecular formula is C19H37IN4O. The second-order valence-electron chi connectivity index (χ2n) is 7.95. The van der Waals surface area contributed by atoms with Gasteiger partial charge in [-0.3, -0.25) is 4.99 Å². The molecule has 1 heterocycles. The van der Waals surface area contributed by atoms with Gasteiger partial charge in [-0.15, -0.1) is 24.0 Å². The van der Waals surface area contributed by atoms with Gasteiger partial charge >= 0.3 is 0 Å². The molecule has 2 aliphatic carbocycles. The van der Waals surface area contributed by atoms with Crippen LogP contribution in [0.4, 0.5) is 0 Å². The number of aliphatic imine (C=N–C) groups is 1. The number of nitrogens with zero attached hydrogens (tertiary/aromatic N) is 2. The number of rotatable bonds is 6. The maximum absolute atomic E-state index is 5.97. The van der Waals surface area contributed by atoms with Crippen LogP contribution in [0.15, 0.2) is 4.99 Å². The van der Waals surface area contributed by atoms with E-state index < -0.39 is 0 Å². The summed E-state index contributed by atoms with van der Waals surface area (Å²) in [6.07, 6.45) is 8.18. The van der Waals surface area contributed by atoms with Crippen LogP contribution in [0.2, 0.25) is 0 Å². The average Bonchev–Trinajstić information content (AvgIpc) is 2.50. The van der Waals surface area contributed by atoms with Gasteiger partial charge in [-0.25, -0.2) is 0 Å². The minimum absolute atomic E-state index is 0. The number of halogens is 1. The molecule has 0 aromatic heterocycles. The van der Waals surface area contributed by atoms with Crippen LogP contribution in [0.3, 0.4) is 0 Å². The summed E-state index contributed by atoms with van der Waals surface area (Å²) in [5, 5.41) is 7.18. The quantitative estimate of drug-likeness (QED) is 0.361. The van der Waals surface area contributed by atoms with Crippen molar-refractivity contribution in [2.75, 3.05) is 39.8 Å². The highest BCUT2D eigenvalue weighted by Gasteiger charge is 2.59. The zero-order chi connectivity index (χ0) is 17.0. The Morgan fingerprint density at radius 2 is 2.08 bits per heavy atom. The summed E-state index contributed by atoms with van der Waals surface area (Å²) in [7, 11) is 2.22. The van der Waals surface area contributed by atoms with E-state index in [1.54, 1.807) is 0 Å². The van der Waals surface area contributed by atoms with Crippen LogP contribution in [0.5, 0.6) is 0 Å². The Bertz CT molecular complexity index is 441. The highest BCUT2D eigenvalue weighted by Crippen LogP contribution is 2.57. The molecule has 3 rings (SSSR count). The van der Waals surface area contributed by atoms with Gasteiger partial charge in [0.15, 0.2) is 5.96 Å². The first-order valence-electron chi connectivity index (χ1n) is 10.0. The highest BCUT2D eigenvalue weighted by atomic mass is 127. The molecule has 1 spiro atoms. The van der Waals surface area contributed by atoms with Gasteiger partial charge in [0.25, 0.3) is 0 Å². The lowest BCUT2D eigenvalue weighted by atomic mass is 9.51. The molecule has 1 saturated heterocycles. The highest BCUT2D eigenvalue weighted by molar-refractivity contribution is 14.0. The van der Waals surface area contributed by atoms with Gasteiger partial charge < -0.3 is 20.3 Å².